The standard InChI is InChI=1S/C21H14F3N4O3/c22-21(23,24)30-11-5-6-13(15(9-11)18(25)29)20-27-19(28-31-20)10-4-7-17-14(8-10)12-2-1-3-16(12)26-17/h3-9,26H,1-2H2,(H2,25,29). The molecule has 1 aliphatic carbocycles. The minimum atomic E-state index is -4.90. The third-order valence-corrected chi connectivity index (χ3v) is 5.09. The molecule has 0 unspecified atom stereocenters. The number of hydrogen-bond acceptors (Lipinski definition) is 5. The van der Waals surface area contributed by atoms with Crippen LogP contribution in [0.2, 0.25) is 0 Å². The van der Waals surface area contributed by atoms with Crippen LogP contribution in [0.3, 0.4) is 0 Å². The number of benzene rings is 2. The van der Waals surface area contributed by atoms with Crippen LogP contribution in [0.1, 0.15) is 28.0 Å². The second-order valence-corrected chi connectivity index (χ2v) is 7.06. The fraction of sp³-hybridized carbons (Fsp3) is 0.143. The topological polar surface area (TPSA) is 107 Å². The number of fused-ring (bicyclic) bond motifs is 3. The zero-order chi connectivity index (χ0) is 21.8. The Morgan fingerprint density at radius 1 is 1.19 bits per heavy atom. The van der Waals surface area contributed by atoms with Crippen molar-refractivity contribution in [1.82, 2.24) is 15.1 Å². The van der Waals surface area contributed by atoms with E-state index >= 15 is 0 Å². The van der Waals surface area contributed by atoms with E-state index in [2.05, 4.69) is 26.3 Å². The molecule has 31 heavy (non-hydrogen) atoms. The molecule has 5 rings (SSSR count). The third kappa shape index (κ3) is 3.49. The van der Waals surface area contributed by atoms with E-state index in [9.17, 15) is 18.0 Å². The predicted molar refractivity (Wildman–Crippen MR) is 104 cm³/mol. The Balaban J connectivity index is 1.52. The average molecular weight is 427 g/mol. The molecule has 0 bridgehead atoms. The normalized spacial score (nSPS) is 13.5. The van der Waals surface area contributed by atoms with Gasteiger partial charge in [0.15, 0.2) is 0 Å². The van der Waals surface area contributed by atoms with E-state index in [4.69, 9.17) is 10.3 Å². The van der Waals surface area contributed by atoms with Gasteiger partial charge in [0.1, 0.15) is 5.75 Å². The highest BCUT2D eigenvalue weighted by atomic mass is 19.4. The van der Waals surface area contributed by atoms with E-state index in [0.717, 1.165) is 41.6 Å². The molecular formula is C21H14F3N4O3. The summed E-state index contributed by atoms with van der Waals surface area (Å²) >= 11 is 0. The molecule has 4 aromatic rings. The Morgan fingerprint density at radius 3 is 2.81 bits per heavy atom. The monoisotopic (exact) mass is 427 g/mol. The fourth-order valence-electron chi connectivity index (χ4n) is 3.77. The van der Waals surface area contributed by atoms with Crippen molar-refractivity contribution in [3.05, 3.63) is 59.6 Å². The summed E-state index contributed by atoms with van der Waals surface area (Å²) in [7, 11) is 0. The molecular weight excluding hydrogens is 413 g/mol. The summed E-state index contributed by atoms with van der Waals surface area (Å²) < 4.78 is 46.6. The minimum absolute atomic E-state index is 0.0462. The molecule has 0 spiro atoms. The Hall–Kier alpha value is -3.82. The van der Waals surface area contributed by atoms with Gasteiger partial charge in [-0.05, 0) is 54.8 Å². The van der Waals surface area contributed by atoms with E-state index in [1.807, 2.05) is 18.2 Å². The van der Waals surface area contributed by atoms with Gasteiger partial charge in [0, 0.05) is 28.6 Å². The lowest BCUT2D eigenvalue weighted by molar-refractivity contribution is -0.274. The van der Waals surface area contributed by atoms with Gasteiger partial charge in [-0.15, -0.1) is 13.2 Å². The number of nitrogens with one attached hydrogen (secondary N) is 1. The SMILES string of the molecule is NC(=O)c1cc(OC(F)(F)F)ccc1-c1nc(-c2ccc3[nH]c4c(c3c2)CC[CH]4)no1. The smallest absolute Gasteiger partial charge is 0.406 e. The summed E-state index contributed by atoms with van der Waals surface area (Å²) in [5, 5.41) is 5.03. The van der Waals surface area contributed by atoms with Crippen LogP contribution in [0, 0.1) is 6.42 Å². The van der Waals surface area contributed by atoms with Gasteiger partial charge in [-0.2, -0.15) is 4.98 Å². The lowest BCUT2D eigenvalue weighted by Gasteiger charge is -2.10. The number of primary amides is 1. The molecule has 0 saturated carbocycles. The molecule has 0 saturated heterocycles. The number of nitrogens with two attached hydrogens (primary N) is 1. The van der Waals surface area contributed by atoms with Crippen molar-refractivity contribution in [2.45, 2.75) is 19.2 Å². The number of aromatic amines is 1. The number of aryl methyl sites for hydroxylation is 1. The van der Waals surface area contributed by atoms with Gasteiger partial charge >= 0.3 is 6.36 Å². The maximum atomic E-state index is 12.5. The van der Waals surface area contributed by atoms with E-state index in [1.54, 1.807) is 0 Å². The summed E-state index contributed by atoms with van der Waals surface area (Å²) in [6.07, 6.45) is -0.815. The first-order valence-corrected chi connectivity index (χ1v) is 9.30. The van der Waals surface area contributed by atoms with Gasteiger partial charge in [0.25, 0.3) is 5.89 Å². The Kier molecular flexibility index (Phi) is 4.24. The van der Waals surface area contributed by atoms with Crippen LogP contribution in [-0.2, 0) is 6.42 Å². The summed E-state index contributed by atoms with van der Waals surface area (Å²) in [5.74, 6) is -1.30. The number of carbonyl (C=O) groups excluding carboxylic acids is 1. The maximum absolute atomic E-state index is 12.5. The lowest BCUT2D eigenvalue weighted by atomic mass is 10.1. The van der Waals surface area contributed by atoms with Gasteiger partial charge < -0.3 is 20.0 Å². The van der Waals surface area contributed by atoms with Crippen molar-refractivity contribution < 1.29 is 27.2 Å². The highest BCUT2D eigenvalue weighted by Crippen LogP contribution is 2.34. The number of halogens is 3. The molecule has 1 aliphatic rings. The Morgan fingerprint density at radius 2 is 2.03 bits per heavy atom. The second kappa shape index (κ2) is 6.86. The first kappa shape index (κ1) is 19.2. The number of nitrogens with zero attached hydrogens (tertiary/aromatic N) is 2. The van der Waals surface area contributed by atoms with Gasteiger partial charge in [-0.1, -0.05) is 5.16 Å². The van der Waals surface area contributed by atoms with Crippen LogP contribution < -0.4 is 10.5 Å². The van der Waals surface area contributed by atoms with Crippen LogP contribution in [0.15, 0.2) is 40.9 Å². The number of H-pyrrole nitrogens is 1. The molecule has 3 N–H and O–H groups in total. The third-order valence-electron chi connectivity index (χ3n) is 5.09. The number of aromatic nitrogens is 3. The van der Waals surface area contributed by atoms with Gasteiger partial charge in [0.05, 0.1) is 11.1 Å². The van der Waals surface area contributed by atoms with E-state index in [-0.39, 0.29) is 22.8 Å². The first-order valence-electron chi connectivity index (χ1n) is 9.30. The molecule has 1 radical (unpaired) electrons. The lowest BCUT2D eigenvalue weighted by Crippen LogP contribution is -2.18. The molecule has 157 valence electrons. The highest BCUT2D eigenvalue weighted by Gasteiger charge is 2.32. The molecule has 0 aliphatic heterocycles. The summed E-state index contributed by atoms with van der Waals surface area (Å²) in [5.41, 5.74) is 9.27. The van der Waals surface area contributed by atoms with E-state index < -0.39 is 18.0 Å². The van der Waals surface area contributed by atoms with Crippen molar-refractivity contribution in [1.29, 1.82) is 0 Å². The predicted octanol–water partition coefficient (Wildman–Crippen LogP) is 4.38. The molecule has 2 heterocycles. The number of carbonyl (C=O) groups is 1. The van der Waals surface area contributed by atoms with E-state index in [0.29, 0.717) is 5.56 Å². The first-order chi connectivity index (χ1) is 14.8. The zero-order valence-electron chi connectivity index (χ0n) is 15.8. The molecule has 2 aromatic carbocycles. The van der Waals surface area contributed by atoms with Crippen LogP contribution in [-0.4, -0.2) is 27.4 Å². The van der Waals surface area contributed by atoms with Gasteiger partial charge in [0.2, 0.25) is 11.7 Å². The van der Waals surface area contributed by atoms with Crippen molar-refractivity contribution in [3.8, 4) is 28.6 Å². The second-order valence-electron chi connectivity index (χ2n) is 7.06. The van der Waals surface area contributed by atoms with Crippen LogP contribution in [0.25, 0.3) is 33.7 Å². The van der Waals surface area contributed by atoms with Gasteiger partial charge in [-0.25, -0.2) is 0 Å². The largest absolute Gasteiger partial charge is 0.573 e. The van der Waals surface area contributed by atoms with Crippen molar-refractivity contribution >= 4 is 16.8 Å². The number of ether oxygens (including phenoxy) is 1. The van der Waals surface area contributed by atoms with Crippen molar-refractivity contribution in [2.24, 2.45) is 5.73 Å². The van der Waals surface area contributed by atoms with Crippen LogP contribution in [0.5, 0.6) is 5.75 Å². The number of amides is 1. The Bertz CT molecular complexity index is 1320. The molecule has 7 nitrogen and oxygen atoms in total. The number of alkyl halides is 3. The van der Waals surface area contributed by atoms with Crippen LogP contribution >= 0.6 is 0 Å². The number of rotatable bonds is 4. The molecule has 1 amide bonds. The Labute approximate surface area is 173 Å². The van der Waals surface area contributed by atoms with Crippen molar-refractivity contribution in [2.75, 3.05) is 0 Å². The maximum Gasteiger partial charge on any atom is 0.573 e. The fourth-order valence-corrected chi connectivity index (χ4v) is 3.77. The summed E-state index contributed by atoms with van der Waals surface area (Å²) in [6, 6.07) is 8.86. The van der Waals surface area contributed by atoms with Gasteiger partial charge in [-0.3, -0.25) is 4.79 Å². The molecule has 0 fully saturated rings. The molecule has 2 aromatic heterocycles. The van der Waals surface area contributed by atoms with Crippen LogP contribution in [0.4, 0.5) is 13.2 Å². The summed E-state index contributed by atoms with van der Waals surface area (Å²) in [6.45, 7) is 0. The quantitative estimate of drug-likeness (QED) is 0.503. The summed E-state index contributed by atoms with van der Waals surface area (Å²) in [4.78, 5) is 19.5. The van der Waals surface area contributed by atoms with E-state index in [1.165, 1.54) is 11.6 Å². The molecule has 0 atom stereocenters. The minimum Gasteiger partial charge on any atom is -0.406 e. The van der Waals surface area contributed by atoms with Crippen molar-refractivity contribution in [3.63, 3.8) is 0 Å². The molecule has 10 heteroatoms. The number of hydrogen-bond donors (Lipinski definition) is 2. The average Bonchev–Trinajstić information content (AvgIpc) is 3.42. The zero-order valence-corrected chi connectivity index (χ0v) is 15.8. The highest BCUT2D eigenvalue weighted by molar-refractivity contribution is 5.99.